The summed E-state index contributed by atoms with van der Waals surface area (Å²) in [6.07, 6.45) is 1.67. The zero-order valence-electron chi connectivity index (χ0n) is 19.8. The minimum atomic E-state index is -0.385. The Kier molecular flexibility index (Phi) is 7.49. The first-order valence-electron chi connectivity index (χ1n) is 11.7. The third-order valence-corrected chi connectivity index (χ3v) is 6.26. The van der Waals surface area contributed by atoms with Gasteiger partial charge in [-0.3, -0.25) is 0 Å². The summed E-state index contributed by atoms with van der Waals surface area (Å²) in [6.45, 7) is 8.04. The quantitative estimate of drug-likeness (QED) is 0.338. The van der Waals surface area contributed by atoms with Gasteiger partial charge in [-0.15, -0.1) is 0 Å². The van der Waals surface area contributed by atoms with Gasteiger partial charge in [0.15, 0.2) is 0 Å². The third kappa shape index (κ3) is 6.23. The number of ether oxygens (including phenoxy) is 4. The van der Waals surface area contributed by atoms with Gasteiger partial charge in [-0.1, -0.05) is 67.6 Å². The summed E-state index contributed by atoms with van der Waals surface area (Å²) in [5.74, 6) is 1.63. The van der Waals surface area contributed by atoms with Crippen molar-refractivity contribution in [2.45, 2.75) is 64.1 Å². The van der Waals surface area contributed by atoms with E-state index in [4.69, 9.17) is 18.9 Å². The SMILES string of the molecule is CCC1(COCc2ccccc2)CC(OCc2cccc(Oc3ccccc3)c2)C(C)(C)O1. The first-order chi connectivity index (χ1) is 16.0. The molecular weight excluding hydrogens is 412 g/mol. The molecule has 0 amide bonds. The lowest BCUT2D eigenvalue weighted by Crippen LogP contribution is -2.37. The molecule has 33 heavy (non-hydrogen) atoms. The van der Waals surface area contributed by atoms with Crippen LogP contribution >= 0.6 is 0 Å². The highest BCUT2D eigenvalue weighted by Crippen LogP contribution is 2.42. The van der Waals surface area contributed by atoms with Crippen LogP contribution in [0.3, 0.4) is 0 Å². The number of hydrogen-bond acceptors (Lipinski definition) is 4. The van der Waals surface area contributed by atoms with Crippen molar-refractivity contribution in [3.05, 3.63) is 96.1 Å². The third-order valence-electron chi connectivity index (χ3n) is 6.26. The van der Waals surface area contributed by atoms with Crippen molar-refractivity contribution in [3.63, 3.8) is 0 Å². The van der Waals surface area contributed by atoms with Gasteiger partial charge >= 0.3 is 0 Å². The Morgan fingerprint density at radius 3 is 2.21 bits per heavy atom. The molecule has 4 nitrogen and oxygen atoms in total. The Bertz CT molecular complexity index is 1000. The normalized spacial score (nSPS) is 21.7. The van der Waals surface area contributed by atoms with E-state index in [1.54, 1.807) is 0 Å². The highest BCUT2D eigenvalue weighted by molar-refractivity contribution is 5.33. The highest BCUT2D eigenvalue weighted by atomic mass is 16.6. The van der Waals surface area contributed by atoms with Gasteiger partial charge in [-0.2, -0.15) is 0 Å². The van der Waals surface area contributed by atoms with E-state index in [-0.39, 0.29) is 17.3 Å². The molecule has 0 saturated carbocycles. The molecule has 0 aliphatic carbocycles. The Labute approximate surface area is 197 Å². The summed E-state index contributed by atoms with van der Waals surface area (Å²) >= 11 is 0. The van der Waals surface area contributed by atoms with Crippen LogP contribution in [0.2, 0.25) is 0 Å². The second-order valence-electron chi connectivity index (χ2n) is 9.29. The molecule has 0 spiro atoms. The van der Waals surface area contributed by atoms with Gasteiger partial charge in [0, 0.05) is 6.42 Å². The van der Waals surface area contributed by atoms with Gasteiger partial charge in [-0.25, -0.2) is 0 Å². The van der Waals surface area contributed by atoms with Crippen LogP contribution in [0.4, 0.5) is 0 Å². The summed E-state index contributed by atoms with van der Waals surface area (Å²) in [5, 5.41) is 0. The minimum absolute atomic E-state index is 0.0172. The maximum atomic E-state index is 6.55. The van der Waals surface area contributed by atoms with E-state index in [2.05, 4.69) is 39.0 Å². The van der Waals surface area contributed by atoms with Crippen LogP contribution in [-0.2, 0) is 27.4 Å². The van der Waals surface area contributed by atoms with Crippen LogP contribution in [-0.4, -0.2) is 23.9 Å². The van der Waals surface area contributed by atoms with Crippen LogP contribution in [0.1, 0.15) is 44.7 Å². The maximum Gasteiger partial charge on any atom is 0.127 e. The molecule has 1 aliphatic rings. The molecule has 1 aliphatic heterocycles. The molecule has 4 rings (SSSR count). The average molecular weight is 447 g/mol. The van der Waals surface area contributed by atoms with Crippen molar-refractivity contribution in [2.24, 2.45) is 0 Å². The predicted molar refractivity (Wildman–Crippen MR) is 130 cm³/mol. The first-order valence-corrected chi connectivity index (χ1v) is 11.7. The summed E-state index contributed by atoms with van der Waals surface area (Å²) < 4.78 is 25.0. The van der Waals surface area contributed by atoms with Crippen molar-refractivity contribution < 1.29 is 18.9 Å². The van der Waals surface area contributed by atoms with Gasteiger partial charge in [-0.05, 0) is 55.7 Å². The zero-order chi connectivity index (χ0) is 23.2. The molecule has 0 radical (unpaired) electrons. The molecule has 0 bridgehead atoms. The zero-order valence-corrected chi connectivity index (χ0v) is 19.8. The van der Waals surface area contributed by atoms with E-state index in [0.29, 0.717) is 19.8 Å². The predicted octanol–water partition coefficient (Wildman–Crippen LogP) is 6.93. The lowest BCUT2D eigenvalue weighted by atomic mass is 9.93. The smallest absolute Gasteiger partial charge is 0.127 e. The fourth-order valence-corrected chi connectivity index (χ4v) is 4.36. The molecule has 174 valence electrons. The van der Waals surface area contributed by atoms with E-state index >= 15 is 0 Å². The lowest BCUT2D eigenvalue weighted by Gasteiger charge is -2.30. The molecule has 1 saturated heterocycles. The van der Waals surface area contributed by atoms with Gasteiger partial charge < -0.3 is 18.9 Å². The molecular formula is C29H34O4. The molecule has 3 aromatic rings. The van der Waals surface area contributed by atoms with Crippen LogP contribution in [0.25, 0.3) is 0 Å². The first kappa shape index (κ1) is 23.5. The summed E-state index contributed by atoms with van der Waals surface area (Å²) in [6, 6.07) is 28.1. The molecule has 1 heterocycles. The van der Waals surface area contributed by atoms with E-state index in [0.717, 1.165) is 29.9 Å². The van der Waals surface area contributed by atoms with E-state index in [1.165, 1.54) is 5.56 Å². The van der Waals surface area contributed by atoms with Crippen molar-refractivity contribution in [3.8, 4) is 11.5 Å². The molecule has 0 aromatic heterocycles. The topological polar surface area (TPSA) is 36.9 Å². The van der Waals surface area contributed by atoms with Crippen LogP contribution in [0.5, 0.6) is 11.5 Å². The Balaban J connectivity index is 1.34. The van der Waals surface area contributed by atoms with Crippen molar-refractivity contribution in [1.29, 1.82) is 0 Å². The molecule has 4 heteroatoms. The second kappa shape index (κ2) is 10.5. The number of hydrogen-bond donors (Lipinski definition) is 0. The standard InChI is InChI=1S/C29H34O4/c1-4-29(22-30-20-23-12-7-5-8-13-23)19-27(28(2,3)33-29)31-21-24-14-11-17-26(18-24)32-25-15-9-6-10-16-25/h5-18,27H,4,19-22H2,1-3H3. The van der Waals surface area contributed by atoms with Crippen molar-refractivity contribution in [1.82, 2.24) is 0 Å². The molecule has 2 atom stereocenters. The van der Waals surface area contributed by atoms with Crippen molar-refractivity contribution >= 4 is 0 Å². The number of para-hydroxylation sites is 1. The lowest BCUT2D eigenvalue weighted by molar-refractivity contribution is -0.143. The van der Waals surface area contributed by atoms with Gasteiger partial charge in [0.1, 0.15) is 11.5 Å². The second-order valence-corrected chi connectivity index (χ2v) is 9.29. The largest absolute Gasteiger partial charge is 0.457 e. The fourth-order valence-electron chi connectivity index (χ4n) is 4.36. The summed E-state index contributed by atoms with van der Waals surface area (Å²) in [7, 11) is 0. The highest BCUT2D eigenvalue weighted by Gasteiger charge is 2.50. The summed E-state index contributed by atoms with van der Waals surface area (Å²) in [5.41, 5.74) is 1.53. The summed E-state index contributed by atoms with van der Waals surface area (Å²) in [4.78, 5) is 0. The molecule has 1 fully saturated rings. The van der Waals surface area contributed by atoms with Gasteiger partial charge in [0.25, 0.3) is 0 Å². The van der Waals surface area contributed by atoms with E-state index in [9.17, 15) is 0 Å². The average Bonchev–Trinajstić information content (AvgIpc) is 3.09. The minimum Gasteiger partial charge on any atom is -0.457 e. The maximum absolute atomic E-state index is 6.55. The fraction of sp³-hybridized carbons (Fsp3) is 0.379. The molecule has 2 unspecified atom stereocenters. The number of rotatable bonds is 10. The van der Waals surface area contributed by atoms with E-state index < -0.39 is 0 Å². The van der Waals surface area contributed by atoms with Crippen LogP contribution in [0, 0.1) is 0 Å². The Hall–Kier alpha value is -2.66. The Morgan fingerprint density at radius 2 is 1.48 bits per heavy atom. The van der Waals surface area contributed by atoms with Crippen LogP contribution < -0.4 is 4.74 Å². The molecule has 0 N–H and O–H groups in total. The van der Waals surface area contributed by atoms with E-state index in [1.807, 2.05) is 66.7 Å². The Morgan fingerprint density at radius 1 is 0.818 bits per heavy atom. The van der Waals surface area contributed by atoms with Gasteiger partial charge in [0.05, 0.1) is 37.1 Å². The van der Waals surface area contributed by atoms with Gasteiger partial charge in [0.2, 0.25) is 0 Å². The van der Waals surface area contributed by atoms with Crippen LogP contribution in [0.15, 0.2) is 84.9 Å². The number of benzene rings is 3. The van der Waals surface area contributed by atoms with Crippen molar-refractivity contribution in [2.75, 3.05) is 6.61 Å². The molecule has 3 aromatic carbocycles. The monoisotopic (exact) mass is 446 g/mol.